The zero-order valence-electron chi connectivity index (χ0n) is 15.3. The molecular weight excluding hydrogens is 290 g/mol. The van der Waals surface area contributed by atoms with Gasteiger partial charge < -0.3 is 9.64 Å². The monoisotopic (exact) mass is 323 g/mol. The van der Waals surface area contributed by atoms with Crippen molar-refractivity contribution in [3.63, 3.8) is 0 Å². The van der Waals surface area contributed by atoms with Gasteiger partial charge in [-0.2, -0.15) is 0 Å². The minimum Gasteiger partial charge on any atom is -0.429 e. The molecule has 0 aromatic heterocycles. The summed E-state index contributed by atoms with van der Waals surface area (Å²) in [6.07, 6.45) is 11.6. The smallest absolute Gasteiger partial charge is 0.310 e. The maximum absolute atomic E-state index is 11.9. The fourth-order valence-corrected chi connectivity index (χ4v) is 2.86. The van der Waals surface area contributed by atoms with E-state index in [0.29, 0.717) is 18.1 Å². The van der Waals surface area contributed by atoms with Crippen molar-refractivity contribution in [2.45, 2.75) is 84.6 Å². The topological polar surface area (TPSA) is 46.6 Å². The van der Waals surface area contributed by atoms with E-state index in [4.69, 9.17) is 4.74 Å². The lowest BCUT2D eigenvalue weighted by molar-refractivity contribution is -0.140. The van der Waals surface area contributed by atoms with Gasteiger partial charge in [0.05, 0.1) is 6.04 Å². The van der Waals surface area contributed by atoms with Crippen LogP contribution in [0.4, 0.5) is 0 Å². The van der Waals surface area contributed by atoms with Crippen molar-refractivity contribution < 1.29 is 14.3 Å². The van der Waals surface area contributed by atoms with Crippen molar-refractivity contribution in [3.05, 3.63) is 11.8 Å². The molecule has 1 heterocycles. The molecule has 2 unspecified atom stereocenters. The molecule has 0 bridgehead atoms. The Balaban J connectivity index is 2.12. The van der Waals surface area contributed by atoms with Crippen LogP contribution in [0, 0.1) is 5.92 Å². The first-order chi connectivity index (χ1) is 11.0. The van der Waals surface area contributed by atoms with Crippen LogP contribution in [0.25, 0.3) is 0 Å². The number of unbranched alkanes of at least 4 members (excludes halogenated alkanes) is 4. The highest BCUT2D eigenvalue weighted by atomic mass is 16.5. The Hall–Kier alpha value is -1.32. The van der Waals surface area contributed by atoms with Crippen LogP contribution in [-0.4, -0.2) is 29.9 Å². The van der Waals surface area contributed by atoms with E-state index >= 15 is 0 Å². The number of rotatable bonds is 11. The summed E-state index contributed by atoms with van der Waals surface area (Å²) in [5, 5.41) is 0. The number of hydrogen-bond acceptors (Lipinski definition) is 3. The standard InChI is InChI=1S/C19H33NO3/c1-5-6-7-8-9-11-15(2)12-10-13-19(22)23-17-14-18(21)20(4)16(17)3/h14-16H,5-13H2,1-4H3. The minimum atomic E-state index is -0.221. The number of amides is 1. The van der Waals surface area contributed by atoms with E-state index < -0.39 is 0 Å². The molecule has 0 aromatic rings. The lowest BCUT2D eigenvalue weighted by Crippen LogP contribution is -2.29. The highest BCUT2D eigenvalue weighted by Gasteiger charge is 2.28. The van der Waals surface area contributed by atoms with Gasteiger partial charge in [-0.15, -0.1) is 0 Å². The maximum atomic E-state index is 11.9. The van der Waals surface area contributed by atoms with E-state index in [1.54, 1.807) is 11.9 Å². The second kappa shape index (κ2) is 10.5. The van der Waals surface area contributed by atoms with Gasteiger partial charge in [-0.25, -0.2) is 0 Å². The van der Waals surface area contributed by atoms with Crippen LogP contribution in [-0.2, 0) is 14.3 Å². The average molecular weight is 323 g/mol. The van der Waals surface area contributed by atoms with Crippen molar-refractivity contribution in [1.29, 1.82) is 0 Å². The lowest BCUT2D eigenvalue weighted by atomic mass is 9.97. The third kappa shape index (κ3) is 7.19. The number of likely N-dealkylation sites (N-methyl/N-ethyl adjacent to an activating group) is 1. The van der Waals surface area contributed by atoms with E-state index in [-0.39, 0.29) is 17.9 Å². The molecule has 4 heteroatoms. The zero-order chi connectivity index (χ0) is 17.2. The van der Waals surface area contributed by atoms with Gasteiger partial charge in [0, 0.05) is 19.5 Å². The van der Waals surface area contributed by atoms with Crippen LogP contribution >= 0.6 is 0 Å². The first kappa shape index (κ1) is 19.7. The average Bonchev–Trinajstić information content (AvgIpc) is 2.74. The van der Waals surface area contributed by atoms with Gasteiger partial charge in [0.25, 0.3) is 0 Å². The molecule has 4 nitrogen and oxygen atoms in total. The number of carbonyl (C=O) groups is 2. The summed E-state index contributed by atoms with van der Waals surface area (Å²) >= 11 is 0. The number of ether oxygens (including phenoxy) is 1. The predicted octanol–water partition coefficient (Wildman–Crippen LogP) is 4.44. The van der Waals surface area contributed by atoms with Crippen molar-refractivity contribution in [3.8, 4) is 0 Å². The summed E-state index contributed by atoms with van der Waals surface area (Å²) in [5.74, 6) is 0.826. The molecule has 1 aliphatic rings. The van der Waals surface area contributed by atoms with E-state index in [0.717, 1.165) is 12.8 Å². The van der Waals surface area contributed by atoms with Gasteiger partial charge >= 0.3 is 5.97 Å². The van der Waals surface area contributed by atoms with Crippen LogP contribution in [0.5, 0.6) is 0 Å². The van der Waals surface area contributed by atoms with Gasteiger partial charge in [0.2, 0.25) is 5.91 Å². The van der Waals surface area contributed by atoms with Crippen LogP contribution in [0.2, 0.25) is 0 Å². The predicted molar refractivity (Wildman–Crippen MR) is 92.8 cm³/mol. The Morgan fingerprint density at radius 2 is 1.87 bits per heavy atom. The number of hydrogen-bond donors (Lipinski definition) is 0. The molecule has 1 rings (SSSR count). The Morgan fingerprint density at radius 3 is 2.48 bits per heavy atom. The Morgan fingerprint density at radius 1 is 1.22 bits per heavy atom. The minimum absolute atomic E-state index is 0.100. The molecule has 0 radical (unpaired) electrons. The van der Waals surface area contributed by atoms with Gasteiger partial charge in [-0.3, -0.25) is 9.59 Å². The summed E-state index contributed by atoms with van der Waals surface area (Å²) in [4.78, 5) is 25.0. The van der Waals surface area contributed by atoms with Crippen molar-refractivity contribution in [2.24, 2.45) is 5.92 Å². The van der Waals surface area contributed by atoms with E-state index in [1.165, 1.54) is 44.6 Å². The highest BCUT2D eigenvalue weighted by molar-refractivity contribution is 5.91. The largest absolute Gasteiger partial charge is 0.429 e. The first-order valence-corrected chi connectivity index (χ1v) is 9.14. The molecule has 0 aromatic carbocycles. The molecule has 23 heavy (non-hydrogen) atoms. The number of nitrogens with zero attached hydrogens (tertiary/aromatic N) is 1. The Bertz CT molecular complexity index is 417. The van der Waals surface area contributed by atoms with E-state index in [9.17, 15) is 9.59 Å². The quantitative estimate of drug-likeness (QED) is 0.417. The Kier molecular flexibility index (Phi) is 8.97. The fourth-order valence-electron chi connectivity index (χ4n) is 2.86. The molecule has 0 saturated heterocycles. The normalized spacial score (nSPS) is 19.0. The van der Waals surface area contributed by atoms with E-state index in [2.05, 4.69) is 13.8 Å². The van der Waals surface area contributed by atoms with E-state index in [1.807, 2.05) is 6.92 Å². The number of carbonyl (C=O) groups excluding carboxylic acids is 2. The Labute approximate surface area is 141 Å². The molecule has 0 saturated carbocycles. The molecule has 2 atom stereocenters. The van der Waals surface area contributed by atoms with Gasteiger partial charge in [0.1, 0.15) is 5.76 Å². The van der Waals surface area contributed by atoms with Crippen LogP contribution in [0.1, 0.15) is 78.6 Å². The SMILES string of the molecule is CCCCCCCC(C)CCCC(=O)OC1=CC(=O)N(C)C1C. The summed E-state index contributed by atoms with van der Waals surface area (Å²) in [6.45, 7) is 6.36. The van der Waals surface area contributed by atoms with Crippen LogP contribution in [0.3, 0.4) is 0 Å². The fraction of sp³-hybridized carbons (Fsp3) is 0.789. The third-order valence-electron chi connectivity index (χ3n) is 4.72. The molecule has 132 valence electrons. The molecule has 1 amide bonds. The second-order valence-corrected chi connectivity index (χ2v) is 6.85. The van der Waals surface area contributed by atoms with Crippen LogP contribution in [0.15, 0.2) is 11.8 Å². The maximum Gasteiger partial charge on any atom is 0.310 e. The van der Waals surface area contributed by atoms with Gasteiger partial charge in [0.15, 0.2) is 0 Å². The molecule has 0 aliphatic carbocycles. The third-order valence-corrected chi connectivity index (χ3v) is 4.72. The first-order valence-electron chi connectivity index (χ1n) is 9.14. The van der Waals surface area contributed by atoms with Crippen LogP contribution < -0.4 is 0 Å². The molecule has 0 N–H and O–H groups in total. The molecule has 0 fully saturated rings. The van der Waals surface area contributed by atoms with Gasteiger partial charge in [-0.05, 0) is 19.3 Å². The van der Waals surface area contributed by atoms with Crippen molar-refractivity contribution >= 4 is 11.9 Å². The summed E-state index contributed by atoms with van der Waals surface area (Å²) < 4.78 is 5.33. The lowest BCUT2D eigenvalue weighted by Gasteiger charge is -2.18. The number of esters is 1. The second-order valence-electron chi connectivity index (χ2n) is 6.85. The summed E-state index contributed by atoms with van der Waals surface area (Å²) in [5.41, 5.74) is 0. The molecule has 0 spiro atoms. The van der Waals surface area contributed by atoms with Gasteiger partial charge in [-0.1, -0.05) is 58.8 Å². The van der Waals surface area contributed by atoms with Crippen molar-refractivity contribution in [1.82, 2.24) is 4.90 Å². The molecular formula is C19H33NO3. The summed E-state index contributed by atoms with van der Waals surface area (Å²) in [6, 6.07) is -0.145. The summed E-state index contributed by atoms with van der Waals surface area (Å²) in [7, 11) is 1.71. The van der Waals surface area contributed by atoms with Crippen molar-refractivity contribution in [2.75, 3.05) is 7.05 Å². The zero-order valence-corrected chi connectivity index (χ0v) is 15.3. The molecule has 1 aliphatic heterocycles. The highest BCUT2D eigenvalue weighted by Crippen LogP contribution is 2.20.